The van der Waals surface area contributed by atoms with Crippen LogP contribution in [0.3, 0.4) is 0 Å². The van der Waals surface area contributed by atoms with Gasteiger partial charge in [0.25, 0.3) is 0 Å². The van der Waals surface area contributed by atoms with Crippen LogP contribution in [0.5, 0.6) is 0 Å². The summed E-state index contributed by atoms with van der Waals surface area (Å²) in [7, 11) is 0. The number of aromatic amines is 1. The fourth-order valence-corrected chi connectivity index (χ4v) is 3.04. The summed E-state index contributed by atoms with van der Waals surface area (Å²) >= 11 is 3.91. The van der Waals surface area contributed by atoms with E-state index in [-0.39, 0.29) is 12.2 Å². The van der Waals surface area contributed by atoms with Crippen LogP contribution in [0, 0.1) is 0 Å². The van der Waals surface area contributed by atoms with Crippen LogP contribution in [0.4, 0.5) is 0 Å². The Hall–Kier alpha value is -3.38. The second-order valence-electron chi connectivity index (χ2n) is 7.00. The third-order valence-corrected chi connectivity index (χ3v) is 4.85. The van der Waals surface area contributed by atoms with Crippen LogP contribution in [-0.4, -0.2) is 69.2 Å². The Labute approximate surface area is 190 Å². The van der Waals surface area contributed by atoms with Crippen LogP contribution in [0.2, 0.25) is 0 Å². The van der Waals surface area contributed by atoms with Gasteiger partial charge in [0, 0.05) is 24.1 Å². The van der Waals surface area contributed by atoms with E-state index >= 15 is 0 Å². The Bertz CT molecular complexity index is 908. The van der Waals surface area contributed by atoms with Gasteiger partial charge in [0.15, 0.2) is 0 Å². The lowest BCUT2D eigenvalue weighted by molar-refractivity contribution is -0.141. The summed E-state index contributed by atoms with van der Waals surface area (Å²) in [5.74, 6) is -3.23. The molecule has 1 heterocycles. The number of H-pyrrole nitrogens is 1. The number of carbonyl (C=O) groups excluding carboxylic acids is 3. The average molecular weight is 463 g/mol. The van der Waals surface area contributed by atoms with Crippen molar-refractivity contribution in [3.8, 4) is 0 Å². The zero-order valence-electron chi connectivity index (χ0n) is 17.2. The van der Waals surface area contributed by atoms with Gasteiger partial charge in [0.2, 0.25) is 17.7 Å². The number of benzene rings is 1. The molecule has 2 aromatic rings. The Morgan fingerprint density at radius 1 is 1.06 bits per heavy atom. The van der Waals surface area contributed by atoms with E-state index in [0.29, 0.717) is 12.1 Å². The minimum absolute atomic E-state index is 0.0396. The second kappa shape index (κ2) is 12.5. The van der Waals surface area contributed by atoms with Crippen LogP contribution in [0.25, 0.3) is 0 Å². The van der Waals surface area contributed by atoms with Crippen molar-refractivity contribution in [3.05, 3.63) is 54.1 Å². The number of aliphatic carboxylic acids is 1. The van der Waals surface area contributed by atoms with Crippen LogP contribution in [-0.2, 0) is 32.0 Å². The van der Waals surface area contributed by atoms with Gasteiger partial charge in [-0.15, -0.1) is 0 Å². The molecule has 0 spiro atoms. The molecule has 0 aliphatic heterocycles. The maximum absolute atomic E-state index is 12.6. The van der Waals surface area contributed by atoms with E-state index in [1.807, 2.05) is 30.3 Å². The first-order chi connectivity index (χ1) is 15.3. The summed E-state index contributed by atoms with van der Waals surface area (Å²) in [6, 6.07) is 6.04. The smallest absolute Gasteiger partial charge is 0.327 e. The molecule has 0 bridgehead atoms. The third-order valence-electron chi connectivity index (χ3n) is 4.49. The Kier molecular flexibility index (Phi) is 9.70. The van der Waals surface area contributed by atoms with Crippen molar-refractivity contribution < 1.29 is 24.3 Å². The molecular weight excluding hydrogens is 436 g/mol. The van der Waals surface area contributed by atoms with E-state index in [1.165, 1.54) is 12.5 Å². The number of nitrogens with two attached hydrogens (primary N) is 1. The lowest BCUT2D eigenvalue weighted by Gasteiger charge is -2.20. The number of hydrogen-bond donors (Lipinski definition) is 7. The fourth-order valence-electron chi connectivity index (χ4n) is 2.79. The van der Waals surface area contributed by atoms with Crippen LogP contribution >= 0.6 is 12.6 Å². The van der Waals surface area contributed by atoms with Crippen molar-refractivity contribution in [2.45, 2.75) is 31.0 Å². The van der Waals surface area contributed by atoms with Gasteiger partial charge in [-0.3, -0.25) is 14.4 Å². The fraction of sp³-hybridized carbons (Fsp3) is 0.350. The van der Waals surface area contributed by atoms with E-state index in [9.17, 15) is 19.2 Å². The molecule has 0 fully saturated rings. The quantitative estimate of drug-likeness (QED) is 0.190. The second-order valence-corrected chi connectivity index (χ2v) is 7.36. The van der Waals surface area contributed by atoms with Gasteiger partial charge in [-0.2, -0.15) is 12.6 Å². The minimum atomic E-state index is -1.25. The lowest BCUT2D eigenvalue weighted by Crippen LogP contribution is -2.55. The molecule has 2 rings (SSSR count). The van der Waals surface area contributed by atoms with E-state index < -0.39 is 48.4 Å². The van der Waals surface area contributed by atoms with Crippen LogP contribution in [0.15, 0.2) is 42.9 Å². The maximum Gasteiger partial charge on any atom is 0.327 e. The number of carboxylic acids is 1. The van der Waals surface area contributed by atoms with E-state index in [0.717, 1.165) is 5.56 Å². The normalized spacial score (nSPS) is 13.4. The number of imidazole rings is 1. The molecule has 0 saturated heterocycles. The van der Waals surface area contributed by atoms with Crippen molar-refractivity contribution in [2.75, 3.05) is 12.3 Å². The zero-order valence-corrected chi connectivity index (χ0v) is 18.0. The topological polar surface area (TPSA) is 179 Å². The number of thiol groups is 1. The van der Waals surface area contributed by atoms with Crippen LogP contribution < -0.4 is 21.7 Å². The first-order valence-corrected chi connectivity index (χ1v) is 10.4. The van der Waals surface area contributed by atoms with E-state index in [2.05, 4.69) is 38.5 Å². The van der Waals surface area contributed by atoms with Crippen molar-refractivity contribution >= 4 is 36.3 Å². The molecule has 0 saturated carbocycles. The predicted octanol–water partition coefficient (Wildman–Crippen LogP) is -1.38. The minimum Gasteiger partial charge on any atom is -0.480 e. The van der Waals surface area contributed by atoms with Gasteiger partial charge < -0.3 is 31.8 Å². The highest BCUT2D eigenvalue weighted by Crippen LogP contribution is 2.02. The van der Waals surface area contributed by atoms with Gasteiger partial charge in [0.1, 0.15) is 12.1 Å². The SMILES string of the molecule is NC(Cc1ccccc1)C(=O)NCC(=O)NC(Cc1cnc[nH]1)C(=O)NC(CS)C(=O)O. The molecule has 7 N–H and O–H groups in total. The maximum atomic E-state index is 12.6. The number of rotatable bonds is 12. The highest BCUT2D eigenvalue weighted by molar-refractivity contribution is 7.80. The number of aromatic nitrogens is 2. The summed E-state index contributed by atoms with van der Waals surface area (Å²) in [5.41, 5.74) is 7.33. The number of hydrogen-bond acceptors (Lipinski definition) is 7. The molecule has 0 radical (unpaired) electrons. The largest absolute Gasteiger partial charge is 0.480 e. The Morgan fingerprint density at radius 2 is 1.78 bits per heavy atom. The Morgan fingerprint density at radius 3 is 2.38 bits per heavy atom. The van der Waals surface area contributed by atoms with Crippen molar-refractivity contribution in [1.82, 2.24) is 25.9 Å². The predicted molar refractivity (Wildman–Crippen MR) is 119 cm³/mol. The van der Waals surface area contributed by atoms with Crippen molar-refractivity contribution in [2.24, 2.45) is 5.73 Å². The van der Waals surface area contributed by atoms with Gasteiger partial charge in [-0.05, 0) is 12.0 Å². The molecule has 0 aliphatic rings. The summed E-state index contributed by atoms with van der Waals surface area (Å²) in [5, 5.41) is 16.4. The molecule has 32 heavy (non-hydrogen) atoms. The molecular formula is C20H26N6O5S. The summed E-state index contributed by atoms with van der Waals surface area (Å²) in [6.45, 7) is -0.400. The van der Waals surface area contributed by atoms with Gasteiger partial charge in [-0.1, -0.05) is 30.3 Å². The third kappa shape index (κ3) is 8.04. The first-order valence-electron chi connectivity index (χ1n) is 9.78. The van der Waals surface area contributed by atoms with Gasteiger partial charge in [0.05, 0.1) is 18.9 Å². The number of nitrogens with one attached hydrogen (secondary N) is 4. The zero-order chi connectivity index (χ0) is 23.5. The Balaban J connectivity index is 1.92. The van der Waals surface area contributed by atoms with Gasteiger partial charge in [-0.25, -0.2) is 9.78 Å². The molecule has 172 valence electrons. The van der Waals surface area contributed by atoms with Crippen molar-refractivity contribution in [1.29, 1.82) is 0 Å². The first kappa shape index (κ1) is 24.9. The number of amides is 3. The molecule has 1 aromatic carbocycles. The van der Waals surface area contributed by atoms with Crippen molar-refractivity contribution in [3.63, 3.8) is 0 Å². The monoisotopic (exact) mass is 462 g/mol. The lowest BCUT2D eigenvalue weighted by atomic mass is 10.1. The molecule has 1 aromatic heterocycles. The summed E-state index contributed by atoms with van der Waals surface area (Å²) < 4.78 is 0. The summed E-state index contributed by atoms with van der Waals surface area (Å²) in [6.07, 6.45) is 3.23. The standard InChI is InChI=1S/C20H26N6O5S/c21-14(6-12-4-2-1-3-5-12)18(28)23-9-17(27)25-15(7-13-8-22-11-24-13)19(29)26-16(10-32)20(30)31/h1-5,8,11,14-16,32H,6-7,9-10,21H2,(H,22,24)(H,23,28)(H,25,27)(H,26,29)(H,30,31). The molecule has 3 atom stereocenters. The summed E-state index contributed by atoms with van der Waals surface area (Å²) in [4.78, 5) is 55.0. The molecule has 3 unspecified atom stereocenters. The highest BCUT2D eigenvalue weighted by atomic mass is 32.1. The number of carbonyl (C=O) groups is 4. The molecule has 12 heteroatoms. The highest BCUT2D eigenvalue weighted by Gasteiger charge is 2.26. The van der Waals surface area contributed by atoms with Crippen LogP contribution in [0.1, 0.15) is 11.3 Å². The van der Waals surface area contributed by atoms with E-state index in [4.69, 9.17) is 10.8 Å². The molecule has 3 amide bonds. The number of nitrogens with zero attached hydrogens (tertiary/aromatic N) is 1. The average Bonchev–Trinajstić information content (AvgIpc) is 3.28. The van der Waals surface area contributed by atoms with E-state index in [1.54, 1.807) is 0 Å². The van der Waals surface area contributed by atoms with Gasteiger partial charge >= 0.3 is 5.97 Å². The molecule has 0 aliphatic carbocycles. The number of carboxylic acid groups (broad SMARTS) is 1. The molecule has 11 nitrogen and oxygen atoms in total.